The molecule has 2 fully saturated rings. The van der Waals surface area contributed by atoms with Crippen LogP contribution in [-0.2, 0) is 4.79 Å². The number of hydrogen-bond acceptors (Lipinski definition) is 5. The summed E-state index contributed by atoms with van der Waals surface area (Å²) in [6.45, 7) is 6.77. The fourth-order valence-corrected chi connectivity index (χ4v) is 4.76. The van der Waals surface area contributed by atoms with E-state index in [1.807, 2.05) is 41.0 Å². The number of halogens is 1. The molecule has 2 aromatic rings. The molecule has 2 aliphatic heterocycles. The molecule has 0 unspecified atom stereocenters. The Morgan fingerprint density at radius 3 is 2.29 bits per heavy atom. The van der Waals surface area contributed by atoms with Crippen LogP contribution in [0.1, 0.15) is 35.4 Å². The highest BCUT2D eigenvalue weighted by molar-refractivity contribution is 6.30. The number of benzene rings is 1. The number of piperidine rings is 1. The molecule has 4 rings (SSSR count). The minimum Gasteiger partial charge on any atom is -0.493 e. The number of aromatic nitrogens is 1. The number of amides is 2. The molecule has 182 valence electrons. The molecule has 0 bridgehead atoms. The first-order valence-corrected chi connectivity index (χ1v) is 12.3. The molecule has 0 spiro atoms. The average Bonchev–Trinajstić information content (AvgIpc) is 2.84. The zero-order valence-electron chi connectivity index (χ0n) is 20.0. The van der Waals surface area contributed by atoms with Gasteiger partial charge in [0.25, 0.3) is 5.91 Å². The number of pyridine rings is 1. The molecule has 2 amide bonds. The molecule has 0 aliphatic carbocycles. The van der Waals surface area contributed by atoms with E-state index >= 15 is 0 Å². The van der Waals surface area contributed by atoms with Crippen molar-refractivity contribution >= 4 is 23.4 Å². The summed E-state index contributed by atoms with van der Waals surface area (Å²) in [5.74, 6) is 0.854. The van der Waals surface area contributed by atoms with Crippen molar-refractivity contribution in [2.75, 3.05) is 52.9 Å². The summed E-state index contributed by atoms with van der Waals surface area (Å²) in [4.78, 5) is 36.7. The number of rotatable bonds is 6. The Morgan fingerprint density at radius 2 is 1.65 bits per heavy atom. The van der Waals surface area contributed by atoms with Crippen LogP contribution in [0.25, 0.3) is 0 Å². The Labute approximate surface area is 206 Å². The number of piperazine rings is 1. The third kappa shape index (κ3) is 6.07. The topological polar surface area (TPSA) is 66.0 Å². The Kier molecular flexibility index (Phi) is 7.73. The largest absolute Gasteiger partial charge is 0.493 e. The van der Waals surface area contributed by atoms with Crippen LogP contribution < -0.4 is 4.74 Å². The van der Waals surface area contributed by atoms with Crippen molar-refractivity contribution < 1.29 is 14.3 Å². The summed E-state index contributed by atoms with van der Waals surface area (Å²) < 4.78 is 6.15. The Hall–Kier alpha value is -2.64. The summed E-state index contributed by atoms with van der Waals surface area (Å²) in [6.07, 6.45) is 1.84. The molecule has 2 aliphatic rings. The molecule has 1 aromatic carbocycles. The van der Waals surface area contributed by atoms with Gasteiger partial charge in [-0.05, 0) is 63.2 Å². The SMILES string of the molecule is Cc1cccc(C(=O)N2CCC(COc3ccc(Cl)cc3)(CC(=O)N3CCN(C)CC3)CC2)n1. The fourth-order valence-electron chi connectivity index (χ4n) is 4.64. The highest BCUT2D eigenvalue weighted by atomic mass is 35.5. The van der Waals surface area contributed by atoms with Gasteiger partial charge in [0.2, 0.25) is 5.91 Å². The van der Waals surface area contributed by atoms with Crippen LogP contribution in [0.3, 0.4) is 0 Å². The van der Waals surface area contributed by atoms with Gasteiger partial charge in [0, 0.05) is 61.8 Å². The van der Waals surface area contributed by atoms with Gasteiger partial charge in [-0.15, -0.1) is 0 Å². The molecule has 0 saturated carbocycles. The number of likely N-dealkylation sites (tertiary alicyclic amines) is 1. The summed E-state index contributed by atoms with van der Waals surface area (Å²) >= 11 is 6.01. The Balaban J connectivity index is 1.44. The number of aryl methyl sites for hydroxylation is 1. The number of nitrogens with zero attached hydrogens (tertiary/aromatic N) is 4. The van der Waals surface area contributed by atoms with Crippen molar-refractivity contribution in [1.82, 2.24) is 19.7 Å². The highest BCUT2D eigenvalue weighted by Crippen LogP contribution is 2.37. The maximum Gasteiger partial charge on any atom is 0.272 e. The molecule has 7 nitrogen and oxygen atoms in total. The van der Waals surface area contributed by atoms with Gasteiger partial charge in [0.1, 0.15) is 11.4 Å². The molecular formula is C26H33ClN4O3. The molecule has 2 saturated heterocycles. The lowest BCUT2D eigenvalue weighted by Crippen LogP contribution is -2.51. The minimum absolute atomic E-state index is 0.0543. The smallest absolute Gasteiger partial charge is 0.272 e. The van der Waals surface area contributed by atoms with Crippen LogP contribution in [0, 0.1) is 12.3 Å². The molecule has 0 N–H and O–H groups in total. The number of likely N-dealkylation sites (N-methyl/N-ethyl adjacent to an activating group) is 1. The van der Waals surface area contributed by atoms with Crippen molar-refractivity contribution in [2.24, 2.45) is 5.41 Å². The lowest BCUT2D eigenvalue weighted by Gasteiger charge is -2.42. The molecular weight excluding hydrogens is 452 g/mol. The first kappa shape index (κ1) is 24.5. The number of carbonyl (C=O) groups excluding carboxylic acids is 2. The van der Waals surface area contributed by atoms with Crippen LogP contribution in [0.15, 0.2) is 42.5 Å². The molecule has 0 radical (unpaired) electrons. The zero-order valence-corrected chi connectivity index (χ0v) is 20.8. The predicted octanol–water partition coefficient (Wildman–Crippen LogP) is 3.51. The zero-order chi connectivity index (χ0) is 24.1. The van der Waals surface area contributed by atoms with E-state index in [-0.39, 0.29) is 17.2 Å². The standard InChI is InChI=1S/C26H33ClN4O3/c1-20-4-3-5-23(28-20)25(33)31-12-10-26(11-13-31,19-34-22-8-6-21(27)7-9-22)18-24(32)30-16-14-29(2)15-17-30/h3-9H,10-19H2,1-2H3. The van der Waals surface area contributed by atoms with Gasteiger partial charge in [-0.1, -0.05) is 17.7 Å². The second-order valence-electron chi connectivity index (χ2n) is 9.56. The first-order valence-electron chi connectivity index (χ1n) is 11.9. The maximum absolute atomic E-state index is 13.3. The molecule has 1 aromatic heterocycles. The second kappa shape index (κ2) is 10.7. The normalized spacial score (nSPS) is 18.6. The van der Waals surface area contributed by atoms with Crippen LogP contribution in [0.2, 0.25) is 5.02 Å². The van der Waals surface area contributed by atoms with E-state index in [1.165, 1.54) is 0 Å². The minimum atomic E-state index is -0.323. The average molecular weight is 485 g/mol. The van der Waals surface area contributed by atoms with Gasteiger partial charge in [0.15, 0.2) is 0 Å². The van der Waals surface area contributed by atoms with Crippen molar-refractivity contribution in [3.05, 3.63) is 58.9 Å². The predicted molar refractivity (Wildman–Crippen MR) is 132 cm³/mol. The van der Waals surface area contributed by atoms with Crippen LogP contribution >= 0.6 is 11.6 Å². The third-order valence-electron chi connectivity index (χ3n) is 6.96. The monoisotopic (exact) mass is 484 g/mol. The lowest BCUT2D eigenvalue weighted by molar-refractivity contribution is -0.136. The van der Waals surface area contributed by atoms with Gasteiger partial charge in [-0.25, -0.2) is 4.98 Å². The van der Waals surface area contributed by atoms with Crippen molar-refractivity contribution in [3.8, 4) is 5.75 Å². The van der Waals surface area contributed by atoms with E-state index in [4.69, 9.17) is 16.3 Å². The Bertz CT molecular complexity index is 997. The fraction of sp³-hybridized carbons (Fsp3) is 0.500. The van der Waals surface area contributed by atoms with Gasteiger partial charge < -0.3 is 19.4 Å². The van der Waals surface area contributed by atoms with Gasteiger partial charge in [-0.2, -0.15) is 0 Å². The quantitative estimate of drug-likeness (QED) is 0.627. The second-order valence-corrected chi connectivity index (χ2v) is 10.00. The summed E-state index contributed by atoms with van der Waals surface area (Å²) in [6, 6.07) is 12.8. The third-order valence-corrected chi connectivity index (χ3v) is 7.21. The van der Waals surface area contributed by atoms with E-state index in [0.717, 1.165) is 37.6 Å². The van der Waals surface area contributed by atoms with Gasteiger partial charge in [0.05, 0.1) is 6.61 Å². The van der Waals surface area contributed by atoms with E-state index in [0.29, 0.717) is 49.7 Å². The summed E-state index contributed by atoms with van der Waals surface area (Å²) in [7, 11) is 2.08. The number of carbonyl (C=O) groups is 2. The number of ether oxygens (including phenoxy) is 1. The first-order chi connectivity index (χ1) is 16.3. The molecule has 8 heteroatoms. The molecule has 34 heavy (non-hydrogen) atoms. The number of hydrogen-bond donors (Lipinski definition) is 0. The van der Waals surface area contributed by atoms with E-state index in [1.54, 1.807) is 18.2 Å². The maximum atomic E-state index is 13.3. The van der Waals surface area contributed by atoms with Crippen LogP contribution in [0.4, 0.5) is 0 Å². The van der Waals surface area contributed by atoms with Gasteiger partial charge in [-0.3, -0.25) is 9.59 Å². The van der Waals surface area contributed by atoms with Crippen molar-refractivity contribution in [3.63, 3.8) is 0 Å². The van der Waals surface area contributed by atoms with Gasteiger partial charge >= 0.3 is 0 Å². The van der Waals surface area contributed by atoms with Crippen molar-refractivity contribution in [1.29, 1.82) is 0 Å². The van der Waals surface area contributed by atoms with Crippen molar-refractivity contribution in [2.45, 2.75) is 26.2 Å². The van der Waals surface area contributed by atoms with E-state index < -0.39 is 0 Å². The van der Waals surface area contributed by atoms with Crippen LogP contribution in [-0.4, -0.2) is 84.4 Å². The molecule has 0 atom stereocenters. The van der Waals surface area contributed by atoms with E-state index in [2.05, 4.69) is 16.9 Å². The highest BCUT2D eigenvalue weighted by Gasteiger charge is 2.40. The Morgan fingerprint density at radius 1 is 0.971 bits per heavy atom. The summed E-state index contributed by atoms with van der Waals surface area (Å²) in [5, 5.41) is 0.656. The van der Waals surface area contributed by atoms with Crippen LogP contribution in [0.5, 0.6) is 5.75 Å². The summed E-state index contributed by atoms with van der Waals surface area (Å²) in [5.41, 5.74) is 0.974. The lowest BCUT2D eigenvalue weighted by atomic mass is 9.75. The van der Waals surface area contributed by atoms with E-state index in [9.17, 15) is 9.59 Å². The molecule has 3 heterocycles.